The Labute approximate surface area is 236 Å². The fourth-order valence-electron chi connectivity index (χ4n) is 4.94. The molecule has 1 aliphatic carbocycles. The molecular weight excluding hydrogens is 534 g/mol. The molecule has 0 spiro atoms. The van der Waals surface area contributed by atoms with Gasteiger partial charge in [-0.3, -0.25) is 4.79 Å². The third-order valence-electron chi connectivity index (χ3n) is 7.60. The van der Waals surface area contributed by atoms with Crippen molar-refractivity contribution in [3.63, 3.8) is 0 Å². The van der Waals surface area contributed by atoms with E-state index in [1.54, 1.807) is 30.0 Å². The first kappa shape index (κ1) is 29.8. The quantitative estimate of drug-likeness (QED) is 0.485. The first-order chi connectivity index (χ1) is 19.0. The molecule has 0 unspecified atom stereocenters. The zero-order valence-corrected chi connectivity index (χ0v) is 24.1. The van der Waals surface area contributed by atoms with E-state index in [1.165, 1.54) is 36.8 Å². The van der Waals surface area contributed by atoms with Crippen LogP contribution in [0.3, 0.4) is 0 Å². The van der Waals surface area contributed by atoms with Gasteiger partial charge < -0.3 is 24.6 Å². The van der Waals surface area contributed by atoms with Crippen LogP contribution in [0.1, 0.15) is 55.5 Å². The maximum absolute atomic E-state index is 13.6. The lowest BCUT2D eigenvalue weighted by atomic mass is 10.00. The lowest BCUT2D eigenvalue weighted by molar-refractivity contribution is 0.0373. The van der Waals surface area contributed by atoms with E-state index in [-0.39, 0.29) is 47.9 Å². The maximum Gasteiger partial charge on any atom is 0.259 e. The van der Waals surface area contributed by atoms with Crippen LogP contribution in [0, 0.1) is 17.8 Å². The van der Waals surface area contributed by atoms with E-state index in [0.29, 0.717) is 24.2 Å². The standard InChI is InChI=1S/C29H37N3O7S/c1-20-17-32(21(2)19-33)28(34)25-15-22(11-14-29(35)12-5-6-13-29)16-30-27(25)39-26(20)18-31(3)40(36,37)24-9-7-23(38-4)8-10-24/h7-10,15-16,20-21,26,33,35H,5-6,12-13,17-19H2,1-4H3/t20-,21+,26+/m1/s1. The number of carbonyl (C=O) groups excluding carboxylic acids is 1. The summed E-state index contributed by atoms with van der Waals surface area (Å²) in [6.07, 6.45) is 3.87. The average Bonchev–Trinajstić information content (AvgIpc) is 3.39. The number of fused-ring (bicyclic) bond motifs is 1. The highest BCUT2D eigenvalue weighted by Gasteiger charge is 2.36. The fourth-order valence-corrected chi connectivity index (χ4v) is 6.12. The average molecular weight is 572 g/mol. The highest BCUT2D eigenvalue weighted by molar-refractivity contribution is 7.89. The second-order valence-corrected chi connectivity index (χ2v) is 12.7. The van der Waals surface area contributed by atoms with Gasteiger partial charge in [0.15, 0.2) is 0 Å². The molecule has 216 valence electrons. The molecule has 1 fully saturated rings. The summed E-state index contributed by atoms with van der Waals surface area (Å²) < 4.78 is 39.2. The minimum atomic E-state index is -3.84. The third kappa shape index (κ3) is 6.41. The number of aliphatic hydroxyl groups is 2. The molecule has 2 N–H and O–H groups in total. The Morgan fingerprint density at radius 2 is 1.95 bits per heavy atom. The van der Waals surface area contributed by atoms with Crippen LogP contribution in [0.4, 0.5) is 0 Å². The highest BCUT2D eigenvalue weighted by atomic mass is 32.2. The van der Waals surface area contributed by atoms with Crippen LogP contribution >= 0.6 is 0 Å². The Kier molecular flexibility index (Phi) is 9.05. The Bertz CT molecular complexity index is 1380. The topological polar surface area (TPSA) is 130 Å². The molecule has 1 saturated carbocycles. The zero-order chi connectivity index (χ0) is 29.1. The van der Waals surface area contributed by atoms with Gasteiger partial charge in [0.1, 0.15) is 23.0 Å². The number of rotatable bonds is 7. The van der Waals surface area contributed by atoms with Crippen LogP contribution in [0.2, 0.25) is 0 Å². The lowest BCUT2D eigenvalue weighted by Crippen LogP contribution is -2.50. The van der Waals surface area contributed by atoms with E-state index in [9.17, 15) is 23.4 Å². The Balaban J connectivity index is 1.65. The van der Waals surface area contributed by atoms with Crippen molar-refractivity contribution in [2.24, 2.45) is 5.92 Å². The summed E-state index contributed by atoms with van der Waals surface area (Å²) in [4.78, 5) is 19.7. The van der Waals surface area contributed by atoms with Crippen molar-refractivity contribution in [2.75, 3.05) is 33.9 Å². The highest BCUT2D eigenvalue weighted by Crippen LogP contribution is 2.30. The van der Waals surface area contributed by atoms with Crippen molar-refractivity contribution < 1.29 is 32.9 Å². The number of methoxy groups -OCH3 is 1. The van der Waals surface area contributed by atoms with Gasteiger partial charge in [-0.1, -0.05) is 18.8 Å². The summed E-state index contributed by atoms with van der Waals surface area (Å²) in [5.74, 6) is 5.84. The van der Waals surface area contributed by atoms with Crippen LogP contribution in [0.25, 0.3) is 0 Å². The molecule has 1 aliphatic heterocycles. The molecule has 1 aromatic carbocycles. The minimum absolute atomic E-state index is 0.000769. The summed E-state index contributed by atoms with van der Waals surface area (Å²) in [5, 5.41) is 20.5. The van der Waals surface area contributed by atoms with Crippen molar-refractivity contribution in [3.05, 3.63) is 47.7 Å². The van der Waals surface area contributed by atoms with Crippen LogP contribution in [-0.2, 0) is 10.0 Å². The van der Waals surface area contributed by atoms with E-state index in [1.807, 2.05) is 6.92 Å². The normalized spacial score (nSPS) is 21.5. The van der Waals surface area contributed by atoms with E-state index in [4.69, 9.17) is 9.47 Å². The molecule has 1 amide bonds. The lowest BCUT2D eigenvalue weighted by Gasteiger charge is -2.37. The van der Waals surface area contributed by atoms with E-state index in [0.717, 1.165) is 12.8 Å². The van der Waals surface area contributed by atoms with Crippen LogP contribution in [-0.4, -0.2) is 90.3 Å². The predicted octanol–water partition coefficient (Wildman–Crippen LogP) is 2.29. The summed E-state index contributed by atoms with van der Waals surface area (Å²) in [6.45, 7) is 3.60. The van der Waals surface area contributed by atoms with Gasteiger partial charge in [-0.25, -0.2) is 13.4 Å². The first-order valence-corrected chi connectivity index (χ1v) is 14.9. The number of hydrogen-bond donors (Lipinski definition) is 2. The summed E-state index contributed by atoms with van der Waals surface area (Å²) in [7, 11) is -0.854. The van der Waals surface area contributed by atoms with Crippen LogP contribution < -0.4 is 9.47 Å². The molecule has 11 heteroatoms. The minimum Gasteiger partial charge on any atom is -0.497 e. The number of pyridine rings is 1. The van der Waals surface area contributed by atoms with Gasteiger partial charge in [-0.2, -0.15) is 4.31 Å². The van der Waals surface area contributed by atoms with Crippen molar-refractivity contribution in [3.8, 4) is 23.5 Å². The second-order valence-electron chi connectivity index (χ2n) is 10.6. The molecule has 10 nitrogen and oxygen atoms in total. The maximum atomic E-state index is 13.6. The van der Waals surface area contributed by atoms with Gasteiger partial charge in [0.25, 0.3) is 5.91 Å². The van der Waals surface area contributed by atoms with Crippen molar-refractivity contribution in [1.82, 2.24) is 14.2 Å². The smallest absolute Gasteiger partial charge is 0.259 e. The molecule has 3 atom stereocenters. The molecule has 40 heavy (non-hydrogen) atoms. The van der Waals surface area contributed by atoms with Gasteiger partial charge in [-0.05, 0) is 62.9 Å². The molecule has 0 bridgehead atoms. The molecule has 4 rings (SSSR count). The van der Waals surface area contributed by atoms with Crippen LogP contribution in [0.15, 0.2) is 41.4 Å². The van der Waals surface area contributed by atoms with Gasteiger partial charge >= 0.3 is 0 Å². The number of aromatic nitrogens is 1. The largest absolute Gasteiger partial charge is 0.497 e. The SMILES string of the molecule is COc1ccc(S(=O)(=O)N(C)C[C@@H]2Oc3ncc(C#CC4(O)CCCC4)cc3C(=O)N([C@@H](C)CO)C[C@H]2C)cc1. The second kappa shape index (κ2) is 12.1. The van der Waals surface area contributed by atoms with Crippen molar-refractivity contribution >= 4 is 15.9 Å². The van der Waals surface area contributed by atoms with E-state index >= 15 is 0 Å². The summed E-state index contributed by atoms with van der Waals surface area (Å²) in [6, 6.07) is 7.23. The zero-order valence-electron chi connectivity index (χ0n) is 23.3. The number of amides is 1. The Morgan fingerprint density at radius 3 is 2.58 bits per heavy atom. The molecule has 2 aliphatic rings. The van der Waals surface area contributed by atoms with E-state index in [2.05, 4.69) is 16.8 Å². The van der Waals surface area contributed by atoms with Crippen molar-refractivity contribution in [2.45, 2.75) is 62.2 Å². The van der Waals surface area contributed by atoms with Crippen LogP contribution in [0.5, 0.6) is 11.6 Å². The number of nitrogens with zero attached hydrogens (tertiary/aromatic N) is 3. The number of benzene rings is 1. The number of ether oxygens (including phenoxy) is 2. The monoisotopic (exact) mass is 571 g/mol. The molecule has 1 aromatic heterocycles. The summed E-state index contributed by atoms with van der Waals surface area (Å²) >= 11 is 0. The first-order valence-electron chi connectivity index (χ1n) is 13.4. The molecule has 0 saturated heterocycles. The molecular formula is C29H37N3O7S. The Morgan fingerprint density at radius 1 is 1.27 bits per heavy atom. The fraction of sp³-hybridized carbons (Fsp3) is 0.517. The summed E-state index contributed by atoms with van der Waals surface area (Å²) in [5.41, 5.74) is -0.414. The van der Waals surface area contributed by atoms with Gasteiger partial charge in [0.2, 0.25) is 15.9 Å². The molecule has 0 radical (unpaired) electrons. The number of hydrogen-bond acceptors (Lipinski definition) is 8. The van der Waals surface area contributed by atoms with Crippen molar-refractivity contribution in [1.29, 1.82) is 0 Å². The number of aliphatic hydroxyl groups excluding tert-OH is 1. The van der Waals surface area contributed by atoms with E-state index < -0.39 is 27.8 Å². The number of likely N-dealkylation sites (N-methyl/N-ethyl adjacent to an activating group) is 1. The number of carbonyl (C=O) groups is 1. The van der Waals surface area contributed by atoms with Gasteiger partial charge in [0.05, 0.1) is 31.2 Å². The van der Waals surface area contributed by atoms with Gasteiger partial charge in [-0.15, -0.1) is 0 Å². The molecule has 2 aromatic rings. The molecule has 2 heterocycles. The van der Waals surface area contributed by atoms with Gasteiger partial charge in [0, 0.05) is 31.3 Å². The number of sulfonamides is 1. The Hall–Kier alpha value is -3.17. The third-order valence-corrected chi connectivity index (χ3v) is 9.43. The predicted molar refractivity (Wildman–Crippen MR) is 149 cm³/mol.